The molecule has 0 saturated heterocycles. The summed E-state index contributed by atoms with van der Waals surface area (Å²) in [5.74, 6) is 0.645. The van der Waals surface area contributed by atoms with Crippen LogP contribution in [0.5, 0.6) is 0 Å². The van der Waals surface area contributed by atoms with Crippen LogP contribution in [0.4, 0.5) is 0 Å². The van der Waals surface area contributed by atoms with Gasteiger partial charge in [-0.1, -0.05) is 13.5 Å². The summed E-state index contributed by atoms with van der Waals surface area (Å²) in [6.07, 6.45) is 0.790. The van der Waals surface area contributed by atoms with Crippen molar-refractivity contribution < 1.29 is 24.1 Å². The third kappa shape index (κ3) is 3.64. The van der Waals surface area contributed by atoms with Gasteiger partial charge in [0.1, 0.15) is 6.79 Å². The second-order valence-electron chi connectivity index (χ2n) is 8.34. The highest BCUT2D eigenvalue weighted by molar-refractivity contribution is 6.69. The van der Waals surface area contributed by atoms with Crippen molar-refractivity contribution in [1.29, 1.82) is 0 Å². The number of hydrogen-bond donors (Lipinski definition) is 2. The minimum atomic E-state index is -1.88. The molecule has 140 valence electrons. The molecule has 24 heavy (non-hydrogen) atoms. The van der Waals surface area contributed by atoms with Crippen LogP contribution in [0.25, 0.3) is 0 Å². The minimum absolute atomic E-state index is 0.0387. The van der Waals surface area contributed by atoms with E-state index >= 15 is 0 Å². The predicted octanol–water partition coefficient (Wildman–Crippen LogP) is 2.40. The van der Waals surface area contributed by atoms with Crippen molar-refractivity contribution in [3.05, 3.63) is 12.2 Å². The van der Waals surface area contributed by atoms with E-state index in [0.717, 1.165) is 5.57 Å². The van der Waals surface area contributed by atoms with Crippen LogP contribution in [-0.2, 0) is 13.9 Å². The van der Waals surface area contributed by atoms with Crippen LogP contribution in [-0.4, -0.2) is 57.4 Å². The van der Waals surface area contributed by atoms with E-state index in [1.165, 1.54) is 0 Å². The average molecular weight is 359 g/mol. The monoisotopic (exact) mass is 358 g/mol. The zero-order valence-electron chi connectivity index (χ0n) is 15.7. The first-order chi connectivity index (χ1) is 11.2. The number of aliphatic hydroxyl groups excluding tert-OH is 2. The van der Waals surface area contributed by atoms with Gasteiger partial charge in [0.05, 0.1) is 18.3 Å². The van der Waals surface area contributed by atoms with E-state index in [-0.39, 0.29) is 31.2 Å². The Balaban J connectivity index is 2.33. The van der Waals surface area contributed by atoms with Crippen molar-refractivity contribution in [1.82, 2.24) is 0 Å². The third-order valence-corrected chi connectivity index (χ3v) is 6.66. The molecular weight excluding hydrogens is 324 g/mol. The van der Waals surface area contributed by atoms with Crippen LogP contribution < -0.4 is 0 Å². The lowest BCUT2D eigenvalue weighted by atomic mass is 9.49. The van der Waals surface area contributed by atoms with Crippen molar-refractivity contribution in [2.45, 2.75) is 51.1 Å². The summed E-state index contributed by atoms with van der Waals surface area (Å²) in [6, 6.07) is 0. The van der Waals surface area contributed by atoms with E-state index in [1.807, 2.05) is 0 Å². The second-order valence-corrected chi connectivity index (χ2v) is 12.8. The quantitative estimate of drug-likeness (QED) is 0.302. The van der Waals surface area contributed by atoms with E-state index in [1.54, 1.807) is 7.11 Å². The molecule has 0 aromatic rings. The van der Waals surface area contributed by atoms with Crippen molar-refractivity contribution in [3.63, 3.8) is 0 Å². The molecule has 6 atom stereocenters. The molecule has 0 heterocycles. The fourth-order valence-corrected chi connectivity index (χ4v) is 6.45. The zero-order valence-corrected chi connectivity index (χ0v) is 16.7. The van der Waals surface area contributed by atoms with Gasteiger partial charge in [-0.3, -0.25) is 0 Å². The SMILES string of the molecule is C=C1[C@@H]2C[C@H](O)[C@@H]([C@@H](C)[C@@H]2COCOC)[C@@]1(CCO)O[Si](C)(C)C. The summed E-state index contributed by atoms with van der Waals surface area (Å²) < 4.78 is 17.2. The Morgan fingerprint density at radius 3 is 2.54 bits per heavy atom. The topological polar surface area (TPSA) is 68.2 Å². The summed E-state index contributed by atoms with van der Waals surface area (Å²) in [6.45, 7) is 13.9. The summed E-state index contributed by atoms with van der Waals surface area (Å²) in [7, 11) is -0.262. The maximum atomic E-state index is 10.8. The van der Waals surface area contributed by atoms with Gasteiger partial charge in [0.15, 0.2) is 8.32 Å². The Hall–Kier alpha value is -0.243. The Labute approximate surface area is 147 Å². The number of aliphatic hydroxyl groups is 2. The van der Waals surface area contributed by atoms with E-state index in [9.17, 15) is 10.2 Å². The van der Waals surface area contributed by atoms with Crippen LogP contribution in [0.2, 0.25) is 19.6 Å². The zero-order chi connectivity index (χ0) is 18.1. The van der Waals surface area contributed by atoms with Crippen LogP contribution in [0.15, 0.2) is 12.2 Å². The van der Waals surface area contributed by atoms with Crippen LogP contribution in [0.3, 0.4) is 0 Å². The molecule has 3 aliphatic carbocycles. The van der Waals surface area contributed by atoms with E-state index in [4.69, 9.17) is 13.9 Å². The molecule has 5 nitrogen and oxygen atoms in total. The van der Waals surface area contributed by atoms with E-state index < -0.39 is 20.0 Å². The molecule has 0 amide bonds. The highest BCUT2D eigenvalue weighted by Crippen LogP contribution is 2.59. The van der Waals surface area contributed by atoms with Crippen molar-refractivity contribution in [3.8, 4) is 0 Å². The molecule has 3 rings (SSSR count). The first-order valence-electron chi connectivity index (χ1n) is 8.93. The largest absolute Gasteiger partial charge is 0.408 e. The van der Waals surface area contributed by atoms with Crippen LogP contribution in [0.1, 0.15) is 19.8 Å². The fourth-order valence-electron chi connectivity index (χ4n) is 4.99. The molecule has 3 saturated carbocycles. The molecule has 2 N–H and O–H groups in total. The predicted molar refractivity (Wildman–Crippen MR) is 96.1 cm³/mol. The molecule has 6 heteroatoms. The first kappa shape index (κ1) is 20.1. The molecule has 0 spiro atoms. The van der Waals surface area contributed by atoms with Gasteiger partial charge in [0.2, 0.25) is 0 Å². The van der Waals surface area contributed by atoms with Gasteiger partial charge in [0.25, 0.3) is 0 Å². The van der Waals surface area contributed by atoms with Gasteiger partial charge < -0.3 is 24.1 Å². The smallest absolute Gasteiger partial charge is 0.184 e. The molecular formula is C18H34O5Si. The number of rotatable bonds is 8. The van der Waals surface area contributed by atoms with Gasteiger partial charge in [0, 0.05) is 26.1 Å². The van der Waals surface area contributed by atoms with E-state index in [0.29, 0.717) is 25.4 Å². The molecule has 0 aromatic carbocycles. The fraction of sp³-hybridized carbons (Fsp3) is 0.889. The highest BCUT2D eigenvalue weighted by Gasteiger charge is 2.61. The van der Waals surface area contributed by atoms with Crippen LogP contribution >= 0.6 is 0 Å². The molecule has 0 aromatic heterocycles. The van der Waals surface area contributed by atoms with Crippen molar-refractivity contribution >= 4 is 8.32 Å². The maximum absolute atomic E-state index is 10.8. The molecule has 2 bridgehead atoms. The number of fused-ring (bicyclic) bond motifs is 3. The number of methoxy groups -OCH3 is 1. The summed E-state index contributed by atoms with van der Waals surface area (Å²) >= 11 is 0. The second kappa shape index (κ2) is 7.56. The first-order valence-corrected chi connectivity index (χ1v) is 12.3. The van der Waals surface area contributed by atoms with Gasteiger partial charge >= 0.3 is 0 Å². The number of ether oxygens (including phenoxy) is 2. The number of hydrogen-bond acceptors (Lipinski definition) is 5. The Morgan fingerprint density at radius 1 is 1.33 bits per heavy atom. The lowest BCUT2D eigenvalue weighted by molar-refractivity contribution is -0.170. The van der Waals surface area contributed by atoms with Crippen molar-refractivity contribution in [2.75, 3.05) is 27.1 Å². The average Bonchev–Trinajstić information content (AvgIpc) is 2.45. The lowest BCUT2D eigenvalue weighted by Gasteiger charge is -2.62. The summed E-state index contributed by atoms with van der Waals surface area (Å²) in [5, 5.41) is 20.5. The molecule has 3 fully saturated rings. The van der Waals surface area contributed by atoms with Crippen LogP contribution in [0, 0.1) is 23.7 Å². The van der Waals surface area contributed by atoms with Gasteiger partial charge in [-0.25, -0.2) is 0 Å². The van der Waals surface area contributed by atoms with Gasteiger partial charge in [-0.15, -0.1) is 0 Å². The van der Waals surface area contributed by atoms with E-state index in [2.05, 4.69) is 33.1 Å². The lowest BCUT2D eigenvalue weighted by Crippen LogP contribution is -2.66. The Morgan fingerprint density at radius 2 is 2.00 bits per heavy atom. The van der Waals surface area contributed by atoms with Gasteiger partial charge in [-0.2, -0.15) is 0 Å². The molecule has 0 radical (unpaired) electrons. The molecule has 0 unspecified atom stereocenters. The maximum Gasteiger partial charge on any atom is 0.184 e. The molecule has 3 aliphatic rings. The normalized spacial score (nSPS) is 39.5. The summed E-state index contributed by atoms with van der Waals surface area (Å²) in [4.78, 5) is 0. The van der Waals surface area contributed by atoms with Crippen molar-refractivity contribution in [2.24, 2.45) is 23.7 Å². The minimum Gasteiger partial charge on any atom is -0.408 e. The third-order valence-electron chi connectivity index (χ3n) is 5.68. The molecule has 0 aliphatic heterocycles. The van der Waals surface area contributed by atoms with Gasteiger partial charge in [-0.05, 0) is 49.4 Å². The Bertz CT molecular complexity index is 449. The standard InChI is InChI=1S/C18H34O5Si/c1-12-15(10-22-11-21-3)14-9-16(20)17(12)18(7-8-19,13(14)2)23-24(4,5)6/h12,14-17,19-20H,2,7-11H2,1,3-6H3/t12-,14-,15-,16-,17+,18-/m0/s1. The highest BCUT2D eigenvalue weighted by atomic mass is 28.4. The summed E-state index contributed by atoms with van der Waals surface area (Å²) in [5.41, 5.74) is 0.428. The Kier molecular flexibility index (Phi) is 6.32.